The Morgan fingerprint density at radius 3 is 2.57 bits per heavy atom. The second-order valence-electron chi connectivity index (χ2n) is 9.24. The molecule has 1 saturated heterocycles. The molecular weight excluding hydrogens is 448 g/mol. The first kappa shape index (κ1) is 24.9. The Kier molecular flexibility index (Phi) is 7.85. The van der Waals surface area contributed by atoms with E-state index in [9.17, 15) is 14.4 Å². The standard InChI is InChI=1S/C26H34N4O5/c1-3-20-22-21(16-26(17-28-24(22)32)10-14-34-15-11-26)30(29-20)12-5-13-35-25(33)19-8-6-18(7-9-19)23(31)27-4-2/h6-9H,3-5,10-17H2,1-2H3,(H,27,31)(H,28,32). The third kappa shape index (κ3) is 5.56. The van der Waals surface area contributed by atoms with E-state index >= 15 is 0 Å². The lowest BCUT2D eigenvalue weighted by Gasteiger charge is -2.36. The van der Waals surface area contributed by atoms with Crippen molar-refractivity contribution in [2.75, 3.05) is 32.9 Å². The summed E-state index contributed by atoms with van der Waals surface area (Å²) < 4.78 is 13.0. The van der Waals surface area contributed by atoms with Gasteiger partial charge in [-0.2, -0.15) is 5.10 Å². The van der Waals surface area contributed by atoms with Crippen LogP contribution >= 0.6 is 0 Å². The van der Waals surface area contributed by atoms with Gasteiger partial charge in [0.2, 0.25) is 0 Å². The van der Waals surface area contributed by atoms with Crippen LogP contribution in [-0.2, 0) is 28.9 Å². The van der Waals surface area contributed by atoms with E-state index in [1.54, 1.807) is 24.3 Å². The number of rotatable bonds is 8. The summed E-state index contributed by atoms with van der Waals surface area (Å²) in [5.41, 5.74) is 3.39. The van der Waals surface area contributed by atoms with Crippen LogP contribution in [-0.4, -0.2) is 60.5 Å². The van der Waals surface area contributed by atoms with E-state index in [1.165, 1.54) is 0 Å². The summed E-state index contributed by atoms with van der Waals surface area (Å²) in [4.78, 5) is 37.2. The van der Waals surface area contributed by atoms with Crippen molar-refractivity contribution in [2.45, 2.75) is 52.5 Å². The molecule has 4 rings (SSSR count). The highest BCUT2D eigenvalue weighted by Crippen LogP contribution is 2.37. The topological polar surface area (TPSA) is 112 Å². The maximum absolute atomic E-state index is 12.9. The van der Waals surface area contributed by atoms with E-state index in [0.29, 0.717) is 62.4 Å². The minimum absolute atomic E-state index is 0.00534. The molecule has 2 aromatic rings. The van der Waals surface area contributed by atoms with Crippen molar-refractivity contribution in [3.63, 3.8) is 0 Å². The number of carbonyl (C=O) groups excluding carboxylic acids is 3. The van der Waals surface area contributed by atoms with Gasteiger partial charge in [-0.1, -0.05) is 6.92 Å². The lowest BCUT2D eigenvalue weighted by atomic mass is 9.76. The molecule has 9 heteroatoms. The van der Waals surface area contributed by atoms with Crippen LogP contribution in [0.5, 0.6) is 0 Å². The van der Waals surface area contributed by atoms with Crippen molar-refractivity contribution in [2.24, 2.45) is 5.41 Å². The molecule has 2 aliphatic rings. The molecule has 188 valence electrons. The fraction of sp³-hybridized carbons (Fsp3) is 0.538. The average molecular weight is 483 g/mol. The largest absolute Gasteiger partial charge is 0.462 e. The Morgan fingerprint density at radius 2 is 1.89 bits per heavy atom. The molecule has 0 unspecified atom stereocenters. The molecule has 0 aliphatic carbocycles. The first-order chi connectivity index (χ1) is 17.0. The minimum atomic E-state index is -0.429. The second-order valence-corrected chi connectivity index (χ2v) is 9.24. The highest BCUT2D eigenvalue weighted by atomic mass is 16.5. The molecule has 1 aromatic carbocycles. The lowest BCUT2D eigenvalue weighted by molar-refractivity contribution is 0.0152. The summed E-state index contributed by atoms with van der Waals surface area (Å²) in [5, 5.41) is 10.6. The minimum Gasteiger partial charge on any atom is -0.462 e. The van der Waals surface area contributed by atoms with Crippen LogP contribution in [0.4, 0.5) is 0 Å². The molecule has 3 heterocycles. The smallest absolute Gasteiger partial charge is 0.338 e. The number of nitrogens with one attached hydrogen (secondary N) is 2. The summed E-state index contributed by atoms with van der Waals surface area (Å²) in [6.07, 6.45) is 3.87. The fourth-order valence-corrected chi connectivity index (χ4v) is 4.84. The van der Waals surface area contributed by atoms with Crippen molar-refractivity contribution in [3.05, 3.63) is 52.3 Å². The molecular formula is C26H34N4O5. The summed E-state index contributed by atoms with van der Waals surface area (Å²) in [7, 11) is 0. The van der Waals surface area contributed by atoms with Crippen LogP contribution in [0.3, 0.4) is 0 Å². The number of ether oxygens (including phenoxy) is 2. The number of carbonyl (C=O) groups is 3. The van der Waals surface area contributed by atoms with Crippen LogP contribution in [0, 0.1) is 5.41 Å². The maximum atomic E-state index is 12.9. The number of benzene rings is 1. The van der Waals surface area contributed by atoms with Gasteiger partial charge < -0.3 is 20.1 Å². The highest BCUT2D eigenvalue weighted by molar-refractivity contribution is 5.97. The molecule has 1 fully saturated rings. The molecule has 2 amide bonds. The van der Waals surface area contributed by atoms with Gasteiger partial charge in [0.25, 0.3) is 11.8 Å². The molecule has 1 spiro atoms. The molecule has 1 aromatic heterocycles. The number of aromatic nitrogens is 2. The van der Waals surface area contributed by atoms with Crippen molar-refractivity contribution in [3.8, 4) is 0 Å². The van der Waals surface area contributed by atoms with E-state index < -0.39 is 5.97 Å². The van der Waals surface area contributed by atoms with Crippen molar-refractivity contribution >= 4 is 17.8 Å². The summed E-state index contributed by atoms with van der Waals surface area (Å²) in [6.45, 7) is 7.27. The fourth-order valence-electron chi connectivity index (χ4n) is 4.84. The summed E-state index contributed by atoms with van der Waals surface area (Å²) in [5.74, 6) is -0.649. The zero-order valence-corrected chi connectivity index (χ0v) is 20.5. The monoisotopic (exact) mass is 482 g/mol. The van der Waals surface area contributed by atoms with Gasteiger partial charge >= 0.3 is 5.97 Å². The van der Waals surface area contributed by atoms with Crippen LogP contribution < -0.4 is 10.6 Å². The van der Waals surface area contributed by atoms with Crippen LogP contribution in [0.2, 0.25) is 0 Å². The Labute approximate surface area is 205 Å². The third-order valence-electron chi connectivity index (χ3n) is 6.88. The molecule has 0 radical (unpaired) electrons. The van der Waals surface area contributed by atoms with Crippen molar-refractivity contribution < 1.29 is 23.9 Å². The average Bonchev–Trinajstić information content (AvgIpc) is 3.15. The van der Waals surface area contributed by atoms with E-state index in [0.717, 1.165) is 30.7 Å². The second kappa shape index (κ2) is 11.0. The van der Waals surface area contributed by atoms with Gasteiger partial charge in [0.1, 0.15) is 0 Å². The maximum Gasteiger partial charge on any atom is 0.338 e. The number of amides is 2. The molecule has 0 bridgehead atoms. The van der Waals surface area contributed by atoms with Crippen LogP contribution in [0.15, 0.2) is 24.3 Å². The zero-order valence-electron chi connectivity index (χ0n) is 20.5. The predicted molar refractivity (Wildman–Crippen MR) is 129 cm³/mol. The zero-order chi connectivity index (χ0) is 24.8. The van der Waals surface area contributed by atoms with Crippen LogP contribution in [0.25, 0.3) is 0 Å². The molecule has 9 nitrogen and oxygen atoms in total. The third-order valence-corrected chi connectivity index (χ3v) is 6.88. The van der Waals surface area contributed by atoms with Gasteiger partial charge in [-0.3, -0.25) is 14.3 Å². The summed E-state index contributed by atoms with van der Waals surface area (Å²) >= 11 is 0. The Morgan fingerprint density at radius 1 is 1.17 bits per heavy atom. The predicted octanol–water partition coefficient (Wildman–Crippen LogP) is 2.52. The van der Waals surface area contributed by atoms with Crippen LogP contribution in [0.1, 0.15) is 75.6 Å². The van der Waals surface area contributed by atoms with Gasteiger partial charge in [0.05, 0.1) is 29.1 Å². The van der Waals surface area contributed by atoms with Crippen molar-refractivity contribution in [1.82, 2.24) is 20.4 Å². The van der Waals surface area contributed by atoms with Gasteiger partial charge in [-0.05, 0) is 62.3 Å². The number of aryl methyl sites for hydroxylation is 2. The quantitative estimate of drug-likeness (QED) is 0.442. The van der Waals surface area contributed by atoms with Gasteiger partial charge in [-0.25, -0.2) is 4.79 Å². The van der Waals surface area contributed by atoms with Gasteiger partial charge in [0, 0.05) is 44.8 Å². The van der Waals surface area contributed by atoms with E-state index in [-0.39, 0.29) is 23.8 Å². The van der Waals surface area contributed by atoms with Gasteiger partial charge in [-0.15, -0.1) is 0 Å². The number of fused-ring (bicyclic) bond motifs is 1. The Bertz CT molecular complexity index is 1070. The van der Waals surface area contributed by atoms with E-state index in [1.807, 2.05) is 18.5 Å². The molecule has 2 aliphatic heterocycles. The Hall–Kier alpha value is -3.20. The number of nitrogens with zero attached hydrogens (tertiary/aromatic N) is 2. The van der Waals surface area contributed by atoms with Gasteiger partial charge in [0.15, 0.2) is 0 Å². The summed E-state index contributed by atoms with van der Waals surface area (Å²) in [6, 6.07) is 6.42. The molecule has 2 N–H and O–H groups in total. The number of hydrogen-bond acceptors (Lipinski definition) is 6. The van der Waals surface area contributed by atoms with E-state index in [2.05, 4.69) is 10.6 Å². The number of esters is 1. The first-order valence-electron chi connectivity index (χ1n) is 12.5. The highest BCUT2D eigenvalue weighted by Gasteiger charge is 2.39. The Balaban J connectivity index is 1.38. The lowest BCUT2D eigenvalue weighted by Crippen LogP contribution is -2.40. The number of hydrogen-bond donors (Lipinski definition) is 2. The molecule has 0 atom stereocenters. The SMILES string of the molecule is CCNC(=O)c1ccc(C(=O)OCCCn2nc(CC)c3c2CC2(CCOCC2)CNC3=O)cc1. The molecule has 35 heavy (non-hydrogen) atoms. The molecule has 0 saturated carbocycles. The first-order valence-corrected chi connectivity index (χ1v) is 12.5. The van der Waals surface area contributed by atoms with Crippen molar-refractivity contribution in [1.29, 1.82) is 0 Å². The van der Waals surface area contributed by atoms with E-state index in [4.69, 9.17) is 14.6 Å². The normalized spacial score (nSPS) is 16.8.